The molecule has 0 fully saturated rings. The zero-order valence-corrected chi connectivity index (χ0v) is 16.0. The molecule has 142 valence electrons. The molecule has 0 saturated heterocycles. The van der Waals surface area contributed by atoms with E-state index in [0.29, 0.717) is 4.96 Å². The van der Waals surface area contributed by atoms with Gasteiger partial charge in [0.1, 0.15) is 17.9 Å². The number of sulfonamides is 1. The summed E-state index contributed by atoms with van der Waals surface area (Å²) in [6, 6.07) is 4.88. The number of primary sulfonamides is 1. The van der Waals surface area contributed by atoms with Crippen molar-refractivity contribution < 1.29 is 22.7 Å². The Morgan fingerprint density at radius 1 is 1.33 bits per heavy atom. The number of fused-ring (bicyclic) bond motifs is 1. The van der Waals surface area contributed by atoms with Gasteiger partial charge in [0, 0.05) is 17.1 Å². The monoisotopic (exact) mass is 409 g/mol. The minimum Gasteiger partial charge on any atom is -0.496 e. The van der Waals surface area contributed by atoms with Crippen molar-refractivity contribution in [3.8, 4) is 5.75 Å². The fourth-order valence-electron chi connectivity index (χ4n) is 2.42. The Bertz CT molecular complexity index is 1200. The van der Waals surface area contributed by atoms with E-state index in [1.54, 1.807) is 12.3 Å². The van der Waals surface area contributed by atoms with Crippen LogP contribution in [0.25, 0.3) is 4.96 Å². The summed E-state index contributed by atoms with van der Waals surface area (Å²) in [6.07, 6.45) is 0. The van der Waals surface area contributed by atoms with Crippen LogP contribution in [-0.4, -0.2) is 30.9 Å². The molecule has 0 spiro atoms. The third-order valence-corrected chi connectivity index (χ3v) is 5.55. The Labute approximate surface area is 158 Å². The Kier molecular flexibility index (Phi) is 5.00. The predicted octanol–water partition coefficient (Wildman–Crippen LogP) is 1.08. The third-order valence-electron chi connectivity index (χ3n) is 3.70. The Balaban J connectivity index is 1.87. The number of nitrogens with two attached hydrogens (primary N) is 1. The summed E-state index contributed by atoms with van der Waals surface area (Å²) in [5, 5.41) is 6.88. The second-order valence-corrected chi connectivity index (χ2v) is 7.96. The molecule has 3 rings (SSSR count). The average Bonchev–Trinajstić information content (AvgIpc) is 2.99. The normalized spacial score (nSPS) is 11.5. The highest BCUT2D eigenvalue weighted by molar-refractivity contribution is 7.89. The summed E-state index contributed by atoms with van der Waals surface area (Å²) >= 11 is 1.29. The summed E-state index contributed by atoms with van der Waals surface area (Å²) in [7, 11) is -2.67. The first-order chi connectivity index (χ1) is 12.7. The number of aromatic nitrogens is 2. The summed E-state index contributed by atoms with van der Waals surface area (Å²) < 4.78 is 34.7. The smallest absolute Gasteiger partial charge is 0.342 e. The van der Waals surface area contributed by atoms with Crippen molar-refractivity contribution in [1.82, 2.24) is 9.38 Å². The summed E-state index contributed by atoms with van der Waals surface area (Å²) in [5.74, 6) is -0.702. The lowest BCUT2D eigenvalue weighted by molar-refractivity contribution is 0.0464. The number of nitrogens with zero attached hydrogens (tertiary/aromatic N) is 2. The number of hydrogen-bond acceptors (Lipinski definition) is 8. The lowest BCUT2D eigenvalue weighted by Crippen LogP contribution is -2.17. The number of methoxy groups -OCH3 is 1. The number of benzene rings is 1. The molecule has 11 heteroatoms. The fourth-order valence-corrected chi connectivity index (χ4v) is 3.85. The Hall–Kier alpha value is -2.76. The van der Waals surface area contributed by atoms with Crippen molar-refractivity contribution in [2.75, 3.05) is 7.11 Å². The highest BCUT2D eigenvalue weighted by atomic mass is 32.2. The third kappa shape index (κ3) is 3.84. The summed E-state index contributed by atoms with van der Waals surface area (Å²) in [6.45, 7) is 1.53. The molecular weight excluding hydrogens is 394 g/mol. The number of esters is 1. The minimum atomic E-state index is -4.00. The first-order valence-electron chi connectivity index (χ1n) is 7.55. The van der Waals surface area contributed by atoms with Crippen molar-refractivity contribution in [3.05, 3.63) is 57.0 Å². The Morgan fingerprint density at radius 2 is 2.07 bits per heavy atom. The van der Waals surface area contributed by atoms with Crippen LogP contribution in [0.5, 0.6) is 5.75 Å². The number of thiazole rings is 1. The van der Waals surface area contributed by atoms with Crippen molar-refractivity contribution >= 4 is 32.3 Å². The van der Waals surface area contributed by atoms with Gasteiger partial charge in [0.25, 0.3) is 5.56 Å². The molecule has 2 heterocycles. The van der Waals surface area contributed by atoms with Gasteiger partial charge in [-0.15, -0.1) is 11.3 Å². The summed E-state index contributed by atoms with van der Waals surface area (Å²) in [4.78, 5) is 29.0. The molecule has 0 aliphatic heterocycles. The lowest BCUT2D eigenvalue weighted by Gasteiger charge is -2.10. The van der Waals surface area contributed by atoms with E-state index >= 15 is 0 Å². The highest BCUT2D eigenvalue weighted by Crippen LogP contribution is 2.23. The van der Waals surface area contributed by atoms with Gasteiger partial charge in [-0.3, -0.25) is 9.20 Å². The summed E-state index contributed by atoms with van der Waals surface area (Å²) in [5.41, 5.74) is 0.657. The molecule has 0 atom stereocenters. The van der Waals surface area contributed by atoms with E-state index in [1.165, 1.54) is 41.0 Å². The van der Waals surface area contributed by atoms with Gasteiger partial charge < -0.3 is 9.47 Å². The van der Waals surface area contributed by atoms with Gasteiger partial charge in [-0.25, -0.2) is 23.3 Å². The van der Waals surface area contributed by atoms with Crippen LogP contribution < -0.4 is 15.4 Å². The number of carbonyl (C=O) groups excluding carboxylic acids is 1. The molecule has 0 aliphatic rings. The number of ether oxygens (including phenoxy) is 2. The zero-order valence-electron chi connectivity index (χ0n) is 14.3. The van der Waals surface area contributed by atoms with E-state index in [2.05, 4.69) is 4.98 Å². The van der Waals surface area contributed by atoms with Gasteiger partial charge >= 0.3 is 5.97 Å². The molecule has 1 aromatic carbocycles. The van der Waals surface area contributed by atoms with Crippen LogP contribution in [0.2, 0.25) is 0 Å². The first-order valence-corrected chi connectivity index (χ1v) is 9.98. The van der Waals surface area contributed by atoms with Gasteiger partial charge in [0.05, 0.1) is 17.7 Å². The van der Waals surface area contributed by atoms with E-state index in [0.717, 1.165) is 11.8 Å². The largest absolute Gasteiger partial charge is 0.496 e. The number of carbonyl (C=O) groups is 1. The van der Waals surface area contributed by atoms with Crippen LogP contribution in [0, 0.1) is 6.92 Å². The van der Waals surface area contributed by atoms with Crippen molar-refractivity contribution in [2.24, 2.45) is 5.14 Å². The van der Waals surface area contributed by atoms with Crippen molar-refractivity contribution in [1.29, 1.82) is 0 Å². The average molecular weight is 409 g/mol. The van der Waals surface area contributed by atoms with Crippen molar-refractivity contribution in [3.63, 3.8) is 0 Å². The van der Waals surface area contributed by atoms with E-state index < -0.39 is 16.0 Å². The van der Waals surface area contributed by atoms with Crippen LogP contribution in [0.3, 0.4) is 0 Å². The molecule has 0 bridgehead atoms. The van der Waals surface area contributed by atoms with Crippen LogP contribution >= 0.6 is 11.3 Å². The Morgan fingerprint density at radius 3 is 2.74 bits per heavy atom. The first kappa shape index (κ1) is 19.0. The molecular formula is C16H15N3O6S2. The highest BCUT2D eigenvalue weighted by Gasteiger charge is 2.19. The van der Waals surface area contributed by atoms with E-state index in [9.17, 15) is 18.0 Å². The molecule has 3 aromatic rings. The van der Waals surface area contributed by atoms with Crippen LogP contribution in [0.4, 0.5) is 0 Å². The second kappa shape index (κ2) is 7.10. The van der Waals surface area contributed by atoms with Gasteiger partial charge in [-0.2, -0.15) is 0 Å². The van der Waals surface area contributed by atoms with Gasteiger partial charge in [0.15, 0.2) is 4.96 Å². The van der Waals surface area contributed by atoms with Gasteiger partial charge in [-0.05, 0) is 25.1 Å². The quantitative estimate of drug-likeness (QED) is 0.624. The van der Waals surface area contributed by atoms with E-state index in [-0.39, 0.29) is 34.1 Å². The molecule has 9 nitrogen and oxygen atoms in total. The molecule has 2 aromatic heterocycles. The molecule has 2 N–H and O–H groups in total. The van der Waals surface area contributed by atoms with Gasteiger partial charge in [0.2, 0.25) is 10.0 Å². The molecule has 0 saturated carbocycles. The maximum atomic E-state index is 12.4. The maximum Gasteiger partial charge on any atom is 0.342 e. The number of rotatable bonds is 5. The topological polar surface area (TPSA) is 130 Å². The van der Waals surface area contributed by atoms with Crippen LogP contribution in [0.1, 0.15) is 21.7 Å². The number of hydrogen-bond donors (Lipinski definition) is 1. The van der Waals surface area contributed by atoms with Crippen LogP contribution in [-0.2, 0) is 21.4 Å². The second-order valence-electron chi connectivity index (χ2n) is 5.56. The van der Waals surface area contributed by atoms with E-state index in [4.69, 9.17) is 14.6 Å². The molecule has 0 amide bonds. The van der Waals surface area contributed by atoms with Crippen molar-refractivity contribution in [2.45, 2.75) is 18.4 Å². The molecule has 0 unspecified atom stereocenters. The maximum absolute atomic E-state index is 12.4. The van der Waals surface area contributed by atoms with E-state index in [1.807, 2.05) is 0 Å². The molecule has 0 radical (unpaired) electrons. The molecule has 27 heavy (non-hydrogen) atoms. The predicted molar refractivity (Wildman–Crippen MR) is 97.6 cm³/mol. The standard InChI is InChI=1S/C16H15N3O6S2/c1-9-8-26-16-18-10(5-14(20)19(9)16)7-25-15(21)12-6-11(27(17,22)23)3-4-13(12)24-2/h3-6,8H,7H2,1-2H3,(H2,17,22,23). The lowest BCUT2D eigenvalue weighted by atomic mass is 10.2. The molecule has 0 aliphatic carbocycles. The zero-order chi connectivity index (χ0) is 19.8. The van der Waals surface area contributed by atoms with Gasteiger partial charge in [-0.1, -0.05) is 0 Å². The fraction of sp³-hybridized carbons (Fsp3) is 0.188. The SMILES string of the molecule is COc1ccc(S(N)(=O)=O)cc1C(=O)OCc1cc(=O)n2c(C)csc2n1. The number of aryl methyl sites for hydroxylation is 1. The minimum absolute atomic E-state index is 0.103. The van der Waals surface area contributed by atoms with Crippen LogP contribution in [0.15, 0.2) is 39.3 Å².